The van der Waals surface area contributed by atoms with Crippen molar-refractivity contribution in [2.75, 3.05) is 0 Å². The zero-order valence-electron chi connectivity index (χ0n) is 13.3. The van der Waals surface area contributed by atoms with Crippen molar-refractivity contribution in [2.45, 2.75) is 12.7 Å². The van der Waals surface area contributed by atoms with Crippen LogP contribution < -0.4 is 5.84 Å². The highest BCUT2D eigenvalue weighted by atomic mass is 35.5. The number of pyridine rings is 1. The number of alkyl halides is 3. The first-order valence-corrected chi connectivity index (χ1v) is 7.65. The molecule has 3 rings (SSSR count). The molecule has 0 spiro atoms. The number of oxazole rings is 1. The molecule has 0 atom stereocenters. The minimum absolute atomic E-state index is 0.0967. The van der Waals surface area contributed by atoms with E-state index in [-0.39, 0.29) is 22.4 Å². The lowest BCUT2D eigenvalue weighted by Crippen LogP contribution is -2.38. The lowest BCUT2D eigenvalue weighted by atomic mass is 10.2. The van der Waals surface area contributed by atoms with E-state index in [0.717, 1.165) is 18.3 Å². The first-order chi connectivity index (χ1) is 12.8. The van der Waals surface area contributed by atoms with Gasteiger partial charge in [0.25, 0.3) is 5.91 Å². The number of nitrogens with two attached hydrogens (primary N) is 1. The standard InChI is InChI=1S/C15H10ClF3N6O2/c16-12-11(13-22-4-5-27-13)23-6-9(24-12)14(26)25(20)7-10-8(15(17,18)19)2-1-3-21-10/h1-6H,7,20H2. The summed E-state index contributed by atoms with van der Waals surface area (Å²) in [6.07, 6.45) is 0.286. The van der Waals surface area contributed by atoms with Crippen molar-refractivity contribution in [3.63, 3.8) is 0 Å². The summed E-state index contributed by atoms with van der Waals surface area (Å²) < 4.78 is 44.1. The molecule has 0 aliphatic carbocycles. The monoisotopic (exact) mass is 398 g/mol. The second-order valence-corrected chi connectivity index (χ2v) is 5.52. The predicted octanol–water partition coefficient (Wildman–Crippen LogP) is 2.71. The molecule has 27 heavy (non-hydrogen) atoms. The molecule has 3 heterocycles. The molecule has 0 bridgehead atoms. The van der Waals surface area contributed by atoms with E-state index >= 15 is 0 Å². The van der Waals surface area contributed by atoms with E-state index in [0.29, 0.717) is 5.01 Å². The Balaban J connectivity index is 1.82. The minimum atomic E-state index is -4.63. The van der Waals surface area contributed by atoms with Gasteiger partial charge in [0.1, 0.15) is 12.0 Å². The van der Waals surface area contributed by atoms with Gasteiger partial charge in [-0.2, -0.15) is 13.2 Å². The van der Waals surface area contributed by atoms with E-state index in [2.05, 4.69) is 19.9 Å². The van der Waals surface area contributed by atoms with Gasteiger partial charge >= 0.3 is 6.18 Å². The molecule has 1 amide bonds. The molecule has 3 aromatic rings. The van der Waals surface area contributed by atoms with E-state index < -0.39 is 29.9 Å². The van der Waals surface area contributed by atoms with Crippen molar-refractivity contribution in [3.8, 4) is 11.6 Å². The van der Waals surface area contributed by atoms with E-state index in [1.807, 2.05) is 0 Å². The molecule has 0 aliphatic rings. The molecule has 0 aromatic carbocycles. The maximum absolute atomic E-state index is 13.0. The van der Waals surface area contributed by atoms with Gasteiger partial charge in [0.15, 0.2) is 10.8 Å². The summed E-state index contributed by atoms with van der Waals surface area (Å²) in [6, 6.07) is 1.99. The molecule has 0 unspecified atom stereocenters. The Morgan fingerprint density at radius 2 is 2.04 bits per heavy atom. The number of carbonyl (C=O) groups is 1. The summed E-state index contributed by atoms with van der Waals surface area (Å²) in [5.74, 6) is 4.82. The second-order valence-electron chi connectivity index (χ2n) is 5.16. The van der Waals surface area contributed by atoms with Gasteiger partial charge in [0.05, 0.1) is 30.2 Å². The minimum Gasteiger partial charge on any atom is -0.443 e. The molecule has 2 N–H and O–H groups in total. The summed E-state index contributed by atoms with van der Waals surface area (Å²) in [7, 11) is 0. The fourth-order valence-corrected chi connectivity index (χ4v) is 2.38. The number of amides is 1. The number of aromatic nitrogens is 4. The van der Waals surface area contributed by atoms with E-state index in [1.54, 1.807) is 0 Å². The molecule has 0 fully saturated rings. The zero-order chi connectivity index (χ0) is 19.6. The maximum Gasteiger partial charge on any atom is 0.418 e. The molecule has 140 valence electrons. The molecule has 0 saturated heterocycles. The Morgan fingerprint density at radius 1 is 1.26 bits per heavy atom. The summed E-state index contributed by atoms with van der Waals surface area (Å²) in [6.45, 7) is -0.588. The van der Waals surface area contributed by atoms with Crippen LogP contribution in [0.25, 0.3) is 11.6 Å². The third kappa shape index (κ3) is 4.04. The van der Waals surface area contributed by atoms with Gasteiger partial charge in [-0.25, -0.2) is 20.8 Å². The molecule has 12 heteroatoms. The van der Waals surface area contributed by atoms with Gasteiger partial charge in [-0.3, -0.25) is 14.8 Å². The molecule has 8 nitrogen and oxygen atoms in total. The van der Waals surface area contributed by atoms with Crippen molar-refractivity contribution in [2.24, 2.45) is 5.84 Å². The Kier molecular flexibility index (Phi) is 5.06. The third-order valence-corrected chi connectivity index (χ3v) is 3.62. The Bertz CT molecular complexity index is 964. The quantitative estimate of drug-likeness (QED) is 0.408. The smallest absolute Gasteiger partial charge is 0.418 e. The van der Waals surface area contributed by atoms with Gasteiger partial charge in [0, 0.05) is 6.20 Å². The Labute approximate surface area is 154 Å². The predicted molar refractivity (Wildman–Crippen MR) is 85.8 cm³/mol. The largest absolute Gasteiger partial charge is 0.443 e. The average molecular weight is 399 g/mol. The van der Waals surface area contributed by atoms with Crippen LogP contribution in [0.1, 0.15) is 21.7 Å². The summed E-state index contributed by atoms with van der Waals surface area (Å²) in [5, 5.41) is 0.369. The van der Waals surface area contributed by atoms with Crippen molar-refractivity contribution >= 4 is 17.5 Å². The first kappa shape index (κ1) is 18.7. The SMILES string of the molecule is NN(Cc1ncccc1C(F)(F)F)C(=O)c1cnc(-c2ncco2)c(Cl)n1. The fraction of sp³-hybridized carbons (Fsp3) is 0.133. The molecule has 3 aromatic heterocycles. The van der Waals surface area contributed by atoms with Gasteiger partial charge in [-0.05, 0) is 12.1 Å². The van der Waals surface area contributed by atoms with Gasteiger partial charge in [-0.1, -0.05) is 11.6 Å². The van der Waals surface area contributed by atoms with Crippen LogP contribution in [0.15, 0.2) is 41.4 Å². The molecular formula is C15H10ClF3N6O2. The summed E-state index contributed by atoms with van der Waals surface area (Å²) in [5.41, 5.74) is -1.55. The van der Waals surface area contributed by atoms with Crippen LogP contribution in [0.4, 0.5) is 13.2 Å². The topological polar surface area (TPSA) is 111 Å². The lowest BCUT2D eigenvalue weighted by Gasteiger charge is -2.18. The van der Waals surface area contributed by atoms with Gasteiger partial charge < -0.3 is 4.42 Å². The maximum atomic E-state index is 13.0. The van der Waals surface area contributed by atoms with Crippen LogP contribution in [0.2, 0.25) is 5.15 Å². The van der Waals surface area contributed by atoms with Crippen molar-refractivity contribution in [1.29, 1.82) is 0 Å². The van der Waals surface area contributed by atoms with Crippen molar-refractivity contribution in [3.05, 3.63) is 59.1 Å². The van der Waals surface area contributed by atoms with Crippen LogP contribution in [0.3, 0.4) is 0 Å². The number of hydrogen-bond acceptors (Lipinski definition) is 7. The van der Waals surface area contributed by atoms with E-state index in [4.69, 9.17) is 21.9 Å². The molecular weight excluding hydrogens is 389 g/mol. The third-order valence-electron chi connectivity index (χ3n) is 3.36. The zero-order valence-corrected chi connectivity index (χ0v) is 14.1. The van der Waals surface area contributed by atoms with E-state index in [9.17, 15) is 18.0 Å². The molecule has 0 saturated carbocycles. The second kappa shape index (κ2) is 7.29. The van der Waals surface area contributed by atoms with Crippen LogP contribution in [-0.4, -0.2) is 30.9 Å². The number of halogens is 4. The Hall–Kier alpha value is -3.05. The highest BCUT2D eigenvalue weighted by molar-refractivity contribution is 6.31. The molecule has 0 aliphatic heterocycles. The normalized spacial score (nSPS) is 11.4. The Morgan fingerprint density at radius 3 is 2.67 bits per heavy atom. The van der Waals surface area contributed by atoms with Crippen LogP contribution in [0, 0.1) is 0 Å². The van der Waals surface area contributed by atoms with Gasteiger partial charge in [-0.15, -0.1) is 0 Å². The fourth-order valence-electron chi connectivity index (χ4n) is 2.16. The van der Waals surface area contributed by atoms with Crippen LogP contribution >= 0.6 is 11.6 Å². The highest BCUT2D eigenvalue weighted by Crippen LogP contribution is 2.31. The number of carbonyl (C=O) groups excluding carboxylic acids is 1. The number of hydrogen-bond donors (Lipinski definition) is 1. The van der Waals surface area contributed by atoms with Gasteiger partial charge in [0.2, 0.25) is 5.89 Å². The summed E-state index contributed by atoms with van der Waals surface area (Å²) in [4.78, 5) is 27.6. The lowest BCUT2D eigenvalue weighted by molar-refractivity contribution is -0.138. The number of rotatable bonds is 4. The highest BCUT2D eigenvalue weighted by Gasteiger charge is 2.34. The van der Waals surface area contributed by atoms with Crippen LogP contribution in [-0.2, 0) is 12.7 Å². The van der Waals surface area contributed by atoms with Crippen LogP contribution in [0.5, 0.6) is 0 Å². The average Bonchev–Trinajstić information content (AvgIpc) is 3.14. The molecule has 0 radical (unpaired) electrons. The first-order valence-electron chi connectivity index (χ1n) is 7.27. The number of hydrazine groups is 1. The van der Waals surface area contributed by atoms with Crippen molar-refractivity contribution in [1.82, 2.24) is 24.9 Å². The van der Waals surface area contributed by atoms with E-state index in [1.165, 1.54) is 18.7 Å². The summed E-state index contributed by atoms with van der Waals surface area (Å²) >= 11 is 5.97. The number of nitrogens with zero attached hydrogens (tertiary/aromatic N) is 5. The van der Waals surface area contributed by atoms with Crippen molar-refractivity contribution < 1.29 is 22.4 Å².